The van der Waals surface area contributed by atoms with E-state index in [1.165, 1.54) is 54.3 Å². The van der Waals surface area contributed by atoms with Gasteiger partial charge in [0.15, 0.2) is 0 Å². The van der Waals surface area contributed by atoms with Gasteiger partial charge in [0.05, 0.1) is 22.9 Å². The van der Waals surface area contributed by atoms with Crippen molar-refractivity contribution in [1.82, 2.24) is 9.55 Å². The number of carbonyl (C=O) groups is 1. The molecule has 9 heteroatoms. The second kappa shape index (κ2) is 8.40. The Bertz CT molecular complexity index is 1070. The van der Waals surface area contributed by atoms with Gasteiger partial charge in [0, 0.05) is 41.8 Å². The van der Waals surface area contributed by atoms with Gasteiger partial charge in [-0.3, -0.25) is 9.78 Å². The fourth-order valence-corrected chi connectivity index (χ4v) is 2.67. The van der Waals surface area contributed by atoms with Crippen molar-refractivity contribution in [3.8, 4) is 11.1 Å². The number of hydrogen-bond donors (Lipinski definition) is 1. The van der Waals surface area contributed by atoms with E-state index in [-0.39, 0.29) is 46.3 Å². The summed E-state index contributed by atoms with van der Waals surface area (Å²) in [5.74, 6) is -1.99. The van der Waals surface area contributed by atoms with Gasteiger partial charge in [0.2, 0.25) is 0 Å². The maximum atomic E-state index is 14.2. The first-order chi connectivity index (χ1) is 12.4. The molecule has 0 saturated carbocycles. The van der Waals surface area contributed by atoms with Gasteiger partial charge in [0.1, 0.15) is 5.82 Å². The summed E-state index contributed by atoms with van der Waals surface area (Å²) in [4.78, 5) is 27.4. The Morgan fingerprint density at radius 1 is 1.26 bits per heavy atom. The third kappa shape index (κ3) is 4.39. The van der Waals surface area contributed by atoms with E-state index in [9.17, 15) is 19.1 Å². The largest absolute Gasteiger partial charge is 1.00 e. The Kier molecular flexibility index (Phi) is 6.44. The smallest absolute Gasteiger partial charge is 0.545 e. The maximum Gasteiger partial charge on any atom is 1.00 e. The zero-order valence-electron chi connectivity index (χ0n) is 14.5. The van der Waals surface area contributed by atoms with Gasteiger partial charge < -0.3 is 19.8 Å². The molecule has 0 saturated heterocycles. The minimum Gasteiger partial charge on any atom is -0.545 e. The van der Waals surface area contributed by atoms with Crippen molar-refractivity contribution >= 4 is 28.9 Å². The standard InChI is InChI=1S/C18H13ClFN3O3.Li/c1-23-9-11(22-16-4-5-21-8-14(16)18(25)26)7-13(17(23)24)12-6-10(19)2-3-15(12)20;/h2-9H,1H3,(H,21,22)(H,25,26);/q;+1/p-1. The molecule has 0 amide bonds. The van der Waals surface area contributed by atoms with Crippen LogP contribution in [-0.4, -0.2) is 15.5 Å². The van der Waals surface area contributed by atoms with Crippen LogP contribution in [0.5, 0.6) is 0 Å². The van der Waals surface area contributed by atoms with Crippen molar-refractivity contribution in [2.24, 2.45) is 7.05 Å². The number of carboxylic acids is 1. The zero-order valence-corrected chi connectivity index (χ0v) is 15.2. The number of hydrogen-bond acceptors (Lipinski definition) is 5. The van der Waals surface area contributed by atoms with E-state index >= 15 is 0 Å². The summed E-state index contributed by atoms with van der Waals surface area (Å²) in [5, 5.41) is 14.4. The molecule has 0 bridgehead atoms. The molecule has 0 aliphatic carbocycles. The molecule has 0 unspecified atom stereocenters. The molecule has 0 spiro atoms. The fourth-order valence-electron chi connectivity index (χ4n) is 2.50. The monoisotopic (exact) mass is 379 g/mol. The van der Waals surface area contributed by atoms with E-state index in [1.54, 1.807) is 0 Å². The summed E-state index contributed by atoms with van der Waals surface area (Å²) in [6, 6.07) is 6.80. The van der Waals surface area contributed by atoms with Crippen molar-refractivity contribution in [2.45, 2.75) is 0 Å². The van der Waals surface area contributed by atoms with Gasteiger partial charge in [-0.15, -0.1) is 0 Å². The van der Waals surface area contributed by atoms with Crippen LogP contribution in [0, 0.1) is 5.82 Å². The number of carboxylic acid groups (broad SMARTS) is 1. The molecule has 3 aromatic rings. The summed E-state index contributed by atoms with van der Waals surface area (Å²) in [7, 11) is 1.51. The van der Waals surface area contributed by atoms with Crippen molar-refractivity contribution in [3.05, 3.63) is 75.7 Å². The number of pyridine rings is 2. The van der Waals surface area contributed by atoms with Crippen LogP contribution in [0.1, 0.15) is 10.4 Å². The number of benzene rings is 1. The zero-order chi connectivity index (χ0) is 18.8. The second-order valence-electron chi connectivity index (χ2n) is 5.52. The number of carbonyl (C=O) groups excluding carboxylic acids is 1. The molecule has 0 atom stereocenters. The molecular weight excluding hydrogens is 368 g/mol. The summed E-state index contributed by atoms with van der Waals surface area (Å²) < 4.78 is 15.4. The van der Waals surface area contributed by atoms with Crippen molar-refractivity contribution in [2.75, 3.05) is 5.32 Å². The summed E-state index contributed by atoms with van der Waals surface area (Å²) in [6.07, 6.45) is 4.03. The van der Waals surface area contributed by atoms with Crippen molar-refractivity contribution < 1.29 is 33.2 Å². The van der Waals surface area contributed by atoms with Gasteiger partial charge in [-0.1, -0.05) is 11.6 Å². The van der Waals surface area contributed by atoms with Crippen molar-refractivity contribution in [1.29, 1.82) is 0 Å². The number of anilines is 2. The van der Waals surface area contributed by atoms with Crippen LogP contribution in [0.2, 0.25) is 5.02 Å². The third-order valence-electron chi connectivity index (χ3n) is 3.72. The average Bonchev–Trinajstić information content (AvgIpc) is 2.60. The van der Waals surface area contributed by atoms with Crippen LogP contribution < -0.4 is 34.8 Å². The molecule has 0 aliphatic heterocycles. The molecule has 0 aliphatic rings. The van der Waals surface area contributed by atoms with Gasteiger partial charge in [-0.05, 0) is 30.3 Å². The fraction of sp³-hybridized carbons (Fsp3) is 0.0556. The molecule has 2 aromatic heterocycles. The molecule has 27 heavy (non-hydrogen) atoms. The van der Waals surface area contributed by atoms with Crippen LogP contribution >= 0.6 is 11.6 Å². The van der Waals surface area contributed by atoms with E-state index in [0.717, 1.165) is 6.20 Å². The topological polar surface area (TPSA) is 87.1 Å². The number of rotatable bonds is 4. The number of aryl methyl sites for hydroxylation is 1. The Labute approximate surface area is 170 Å². The number of halogens is 2. The average molecular weight is 380 g/mol. The van der Waals surface area contributed by atoms with Crippen molar-refractivity contribution in [3.63, 3.8) is 0 Å². The normalized spacial score (nSPS) is 10.2. The minimum atomic E-state index is -1.40. The Hall–Kier alpha value is -2.59. The molecule has 2 heterocycles. The minimum absolute atomic E-state index is 0. The second-order valence-corrected chi connectivity index (χ2v) is 5.95. The molecule has 6 nitrogen and oxygen atoms in total. The molecule has 0 fully saturated rings. The Morgan fingerprint density at radius 2 is 2.00 bits per heavy atom. The first kappa shape index (κ1) is 20.7. The van der Waals surface area contributed by atoms with Crippen LogP contribution in [-0.2, 0) is 7.05 Å². The van der Waals surface area contributed by atoms with Gasteiger partial charge >= 0.3 is 18.9 Å². The predicted molar refractivity (Wildman–Crippen MR) is 93.9 cm³/mol. The Balaban J connectivity index is 0.00000261. The summed E-state index contributed by atoms with van der Waals surface area (Å²) in [5.41, 5.74) is 0.188. The number of nitrogens with zero attached hydrogens (tertiary/aromatic N) is 2. The summed E-state index contributed by atoms with van der Waals surface area (Å²) in [6.45, 7) is 0. The predicted octanol–water partition coefficient (Wildman–Crippen LogP) is -0.649. The van der Waals surface area contributed by atoms with E-state index in [1.807, 2.05) is 0 Å². The van der Waals surface area contributed by atoms with E-state index in [0.29, 0.717) is 5.69 Å². The molecule has 1 N–H and O–H groups in total. The molecule has 3 rings (SSSR count). The first-order valence-electron chi connectivity index (χ1n) is 7.45. The van der Waals surface area contributed by atoms with Gasteiger partial charge in [0.25, 0.3) is 5.56 Å². The van der Waals surface area contributed by atoms with Crippen LogP contribution in [0.25, 0.3) is 11.1 Å². The van der Waals surface area contributed by atoms with Crippen LogP contribution in [0.3, 0.4) is 0 Å². The molecule has 1 aromatic carbocycles. The van der Waals surface area contributed by atoms with E-state index in [2.05, 4.69) is 10.3 Å². The SMILES string of the molecule is Cn1cc(Nc2ccncc2C(=O)[O-])cc(-c2cc(Cl)ccc2F)c1=O.[Li+]. The number of aromatic carboxylic acids is 1. The quantitative estimate of drug-likeness (QED) is 0.609. The number of nitrogens with one attached hydrogen (secondary N) is 1. The van der Waals surface area contributed by atoms with Gasteiger partial charge in [-0.2, -0.15) is 0 Å². The third-order valence-corrected chi connectivity index (χ3v) is 3.96. The van der Waals surface area contributed by atoms with Gasteiger partial charge in [-0.25, -0.2) is 4.39 Å². The first-order valence-corrected chi connectivity index (χ1v) is 7.83. The number of aromatic nitrogens is 2. The van der Waals surface area contributed by atoms with E-state index in [4.69, 9.17) is 11.6 Å². The molecular formula is C18H12ClFLiN3O3. The maximum absolute atomic E-state index is 14.2. The Morgan fingerprint density at radius 3 is 2.70 bits per heavy atom. The summed E-state index contributed by atoms with van der Waals surface area (Å²) >= 11 is 5.91. The van der Waals surface area contributed by atoms with Crippen LogP contribution in [0.15, 0.2) is 53.7 Å². The van der Waals surface area contributed by atoms with E-state index < -0.39 is 17.3 Å². The van der Waals surface area contributed by atoms with Crippen LogP contribution in [0.4, 0.5) is 15.8 Å². The molecule has 132 valence electrons. The molecule has 0 radical (unpaired) electrons.